The molecule has 1 saturated heterocycles. The van der Waals surface area contributed by atoms with E-state index in [1.807, 2.05) is 4.90 Å². The molecule has 5 aliphatic rings. The van der Waals surface area contributed by atoms with Gasteiger partial charge >= 0.3 is 0 Å². The van der Waals surface area contributed by atoms with E-state index in [2.05, 4.69) is 21.2 Å². The van der Waals surface area contributed by atoms with Crippen molar-refractivity contribution in [1.82, 2.24) is 10.2 Å². The second-order valence-corrected chi connectivity index (χ2v) is 10.9. The van der Waals surface area contributed by atoms with Crippen molar-refractivity contribution in [2.45, 2.75) is 75.1 Å². The number of nitrogens with zero attached hydrogens (tertiary/aromatic N) is 1. The standard InChI is InChI=1S/C19H29BrN2O2/c1-13(23)21-16-3-2-4-22(11-16)17(24)10-18-6-14-5-15(7-18)9-19(20,8-14)12-18/h14-16H,2-12H2,1H3,(H,21,23)/t14-,15-,16-,18?,19?/m1/s1. The van der Waals surface area contributed by atoms with Crippen molar-refractivity contribution < 1.29 is 9.59 Å². The molecule has 4 bridgehead atoms. The maximum absolute atomic E-state index is 13.0. The Kier molecular flexibility index (Phi) is 4.21. The highest BCUT2D eigenvalue weighted by Crippen LogP contribution is 2.65. The maximum atomic E-state index is 13.0. The van der Waals surface area contributed by atoms with Crippen LogP contribution in [0.4, 0.5) is 0 Å². The summed E-state index contributed by atoms with van der Waals surface area (Å²) < 4.78 is 0.317. The molecule has 3 atom stereocenters. The fraction of sp³-hybridized carbons (Fsp3) is 0.895. The number of rotatable bonds is 3. The zero-order valence-corrected chi connectivity index (χ0v) is 16.2. The summed E-state index contributed by atoms with van der Waals surface area (Å²) in [5.41, 5.74) is 0.242. The molecule has 4 saturated carbocycles. The molecule has 24 heavy (non-hydrogen) atoms. The minimum atomic E-state index is 0.0108. The number of halogens is 1. The van der Waals surface area contributed by atoms with Crippen molar-refractivity contribution in [3.63, 3.8) is 0 Å². The van der Waals surface area contributed by atoms with Crippen molar-refractivity contribution in [3.8, 4) is 0 Å². The number of hydrogen-bond donors (Lipinski definition) is 1. The average Bonchev–Trinajstić information content (AvgIpc) is 2.43. The number of nitrogens with one attached hydrogen (secondary N) is 1. The highest BCUT2D eigenvalue weighted by molar-refractivity contribution is 9.10. The predicted molar refractivity (Wildman–Crippen MR) is 96.8 cm³/mol. The van der Waals surface area contributed by atoms with Gasteiger partial charge in [0.25, 0.3) is 0 Å². The number of piperidine rings is 1. The molecule has 1 heterocycles. The Labute approximate surface area is 153 Å². The van der Waals surface area contributed by atoms with Gasteiger partial charge in [-0.2, -0.15) is 0 Å². The number of likely N-dealkylation sites (tertiary alicyclic amines) is 1. The Morgan fingerprint density at radius 3 is 2.54 bits per heavy atom. The normalized spacial score (nSPS) is 43.8. The van der Waals surface area contributed by atoms with Crippen LogP contribution < -0.4 is 5.32 Å². The lowest BCUT2D eigenvalue weighted by molar-refractivity contribution is -0.140. The quantitative estimate of drug-likeness (QED) is 0.744. The molecule has 0 spiro atoms. The zero-order chi connectivity index (χ0) is 16.9. The molecule has 0 unspecified atom stereocenters. The summed E-state index contributed by atoms with van der Waals surface area (Å²) in [5.74, 6) is 1.98. The summed E-state index contributed by atoms with van der Waals surface area (Å²) in [7, 11) is 0. The fourth-order valence-electron chi connectivity index (χ4n) is 6.58. The van der Waals surface area contributed by atoms with Gasteiger partial charge < -0.3 is 10.2 Å². The van der Waals surface area contributed by atoms with Gasteiger partial charge in [0, 0.05) is 36.8 Å². The lowest BCUT2D eigenvalue weighted by atomic mass is 9.48. The molecule has 0 radical (unpaired) electrons. The van der Waals surface area contributed by atoms with Crippen molar-refractivity contribution >= 4 is 27.7 Å². The van der Waals surface area contributed by atoms with E-state index in [-0.39, 0.29) is 17.4 Å². The second kappa shape index (κ2) is 6.00. The van der Waals surface area contributed by atoms with E-state index in [0.29, 0.717) is 16.8 Å². The third kappa shape index (κ3) is 3.25. The van der Waals surface area contributed by atoms with Crippen LogP contribution in [-0.4, -0.2) is 40.2 Å². The molecule has 0 aromatic carbocycles. The largest absolute Gasteiger partial charge is 0.352 e. The molecule has 1 N–H and O–H groups in total. The highest BCUT2D eigenvalue weighted by atomic mass is 79.9. The number of alkyl halides is 1. The molecule has 0 aromatic heterocycles. The van der Waals surface area contributed by atoms with Crippen LogP contribution in [0.15, 0.2) is 0 Å². The number of carbonyl (C=O) groups excluding carboxylic acids is 2. The Bertz CT molecular complexity index is 535. The number of amides is 2. The first-order valence-electron chi connectivity index (χ1n) is 9.59. The highest BCUT2D eigenvalue weighted by Gasteiger charge is 2.57. The molecule has 5 rings (SSSR count). The van der Waals surface area contributed by atoms with Crippen LogP contribution in [0.25, 0.3) is 0 Å². The van der Waals surface area contributed by atoms with E-state index in [1.54, 1.807) is 6.92 Å². The molecular weight excluding hydrogens is 368 g/mol. The molecule has 4 aliphatic carbocycles. The number of hydrogen-bond acceptors (Lipinski definition) is 2. The minimum absolute atomic E-state index is 0.0108. The third-order valence-electron chi connectivity index (χ3n) is 6.82. The van der Waals surface area contributed by atoms with E-state index in [1.165, 1.54) is 38.5 Å². The van der Waals surface area contributed by atoms with Crippen LogP contribution in [0.5, 0.6) is 0 Å². The topological polar surface area (TPSA) is 49.4 Å². The molecule has 5 heteroatoms. The van der Waals surface area contributed by atoms with E-state index >= 15 is 0 Å². The first kappa shape index (κ1) is 16.9. The van der Waals surface area contributed by atoms with E-state index < -0.39 is 0 Å². The van der Waals surface area contributed by atoms with Gasteiger partial charge in [0.2, 0.25) is 11.8 Å². The fourth-order valence-corrected chi connectivity index (χ4v) is 8.09. The zero-order valence-electron chi connectivity index (χ0n) is 14.7. The Hall–Kier alpha value is -0.580. The Morgan fingerprint density at radius 2 is 1.92 bits per heavy atom. The summed E-state index contributed by atoms with van der Waals surface area (Å²) >= 11 is 4.04. The van der Waals surface area contributed by atoms with Gasteiger partial charge in [-0.15, -0.1) is 0 Å². The predicted octanol–water partition coefficient (Wildman–Crippen LogP) is 3.24. The van der Waals surface area contributed by atoms with Crippen LogP contribution in [0.3, 0.4) is 0 Å². The van der Waals surface area contributed by atoms with Gasteiger partial charge in [-0.25, -0.2) is 0 Å². The first-order chi connectivity index (χ1) is 11.3. The molecule has 5 fully saturated rings. The van der Waals surface area contributed by atoms with E-state index in [4.69, 9.17) is 0 Å². The second-order valence-electron chi connectivity index (χ2n) is 9.17. The molecular formula is C19H29BrN2O2. The Balaban J connectivity index is 1.41. The smallest absolute Gasteiger partial charge is 0.223 e. The van der Waals surface area contributed by atoms with Gasteiger partial charge in [-0.1, -0.05) is 15.9 Å². The van der Waals surface area contributed by atoms with Gasteiger partial charge in [0.15, 0.2) is 0 Å². The first-order valence-corrected chi connectivity index (χ1v) is 10.4. The maximum Gasteiger partial charge on any atom is 0.223 e. The molecule has 0 aromatic rings. The average molecular weight is 397 g/mol. The summed E-state index contributed by atoms with van der Waals surface area (Å²) in [6, 6.07) is 0.138. The Morgan fingerprint density at radius 1 is 1.21 bits per heavy atom. The lowest BCUT2D eigenvalue weighted by Crippen LogP contribution is -2.55. The van der Waals surface area contributed by atoms with Crippen LogP contribution in [0, 0.1) is 17.3 Å². The lowest BCUT2D eigenvalue weighted by Gasteiger charge is -2.60. The summed E-state index contributed by atoms with van der Waals surface area (Å²) in [5, 5.41) is 2.99. The molecule has 134 valence electrons. The minimum Gasteiger partial charge on any atom is -0.352 e. The van der Waals surface area contributed by atoms with Crippen LogP contribution in [-0.2, 0) is 9.59 Å². The van der Waals surface area contributed by atoms with Gasteiger partial charge in [-0.3, -0.25) is 9.59 Å². The van der Waals surface area contributed by atoms with Crippen molar-refractivity contribution in [2.24, 2.45) is 17.3 Å². The van der Waals surface area contributed by atoms with Crippen LogP contribution in [0.1, 0.15) is 64.7 Å². The van der Waals surface area contributed by atoms with Crippen molar-refractivity contribution in [3.05, 3.63) is 0 Å². The summed E-state index contributed by atoms with van der Waals surface area (Å²) in [6.45, 7) is 3.11. The van der Waals surface area contributed by atoms with Crippen LogP contribution >= 0.6 is 15.9 Å². The summed E-state index contributed by atoms with van der Waals surface area (Å²) in [4.78, 5) is 26.3. The SMILES string of the molecule is CC(=O)N[C@@H]1CCCN(C(=O)CC23C[C@H]4C[C@@H](CC(Br)(C4)C2)C3)C1. The van der Waals surface area contributed by atoms with E-state index in [9.17, 15) is 9.59 Å². The third-order valence-corrected chi connectivity index (χ3v) is 7.75. The van der Waals surface area contributed by atoms with Crippen molar-refractivity contribution in [1.29, 1.82) is 0 Å². The van der Waals surface area contributed by atoms with Gasteiger partial charge in [0.05, 0.1) is 0 Å². The van der Waals surface area contributed by atoms with E-state index in [0.717, 1.165) is 37.6 Å². The monoisotopic (exact) mass is 396 g/mol. The molecule has 1 aliphatic heterocycles. The number of carbonyl (C=O) groups is 2. The van der Waals surface area contributed by atoms with Crippen molar-refractivity contribution in [2.75, 3.05) is 13.1 Å². The van der Waals surface area contributed by atoms with Gasteiger partial charge in [-0.05, 0) is 68.6 Å². The van der Waals surface area contributed by atoms with Gasteiger partial charge in [0.1, 0.15) is 0 Å². The molecule has 4 nitrogen and oxygen atoms in total. The summed E-state index contributed by atoms with van der Waals surface area (Å²) in [6.07, 6.45) is 10.4. The van der Waals surface area contributed by atoms with Crippen LogP contribution in [0.2, 0.25) is 0 Å². The molecule has 2 amide bonds.